The van der Waals surface area contributed by atoms with E-state index in [2.05, 4.69) is 10.1 Å². The molecule has 0 amide bonds. The highest BCUT2D eigenvalue weighted by Gasteiger charge is 2.10. The molecule has 1 N–H and O–H groups in total. The second-order valence-corrected chi connectivity index (χ2v) is 4.55. The molecule has 0 unspecified atom stereocenters. The van der Waals surface area contributed by atoms with Gasteiger partial charge in [0.1, 0.15) is 11.9 Å². The van der Waals surface area contributed by atoms with Gasteiger partial charge in [-0.25, -0.2) is 0 Å². The van der Waals surface area contributed by atoms with Crippen molar-refractivity contribution in [1.82, 2.24) is 5.32 Å². The lowest BCUT2D eigenvalue weighted by molar-refractivity contribution is -0.138. The van der Waals surface area contributed by atoms with E-state index in [9.17, 15) is 9.59 Å². The third-order valence-corrected chi connectivity index (χ3v) is 1.98. The van der Waals surface area contributed by atoms with Crippen LogP contribution in [0, 0.1) is 5.92 Å². The van der Waals surface area contributed by atoms with Crippen LogP contribution < -0.4 is 5.32 Å². The van der Waals surface area contributed by atoms with Gasteiger partial charge < -0.3 is 14.8 Å². The molecular formula is C11H21NO3. The number of hydrogen-bond acceptors (Lipinski definition) is 4. The van der Waals surface area contributed by atoms with Crippen molar-refractivity contribution >= 4 is 12.8 Å². The number of piperidine rings is 1. The lowest BCUT2D eigenvalue weighted by Gasteiger charge is -2.16. The van der Waals surface area contributed by atoms with Crippen molar-refractivity contribution in [2.24, 2.45) is 5.92 Å². The molecule has 4 heteroatoms. The Balaban J connectivity index is 0.000000265. The smallest absolute Gasteiger partial charge is 0.293 e. The number of rotatable bonds is 2. The van der Waals surface area contributed by atoms with Gasteiger partial charge in [0.2, 0.25) is 0 Å². The lowest BCUT2D eigenvalue weighted by Crippen LogP contribution is -2.28. The number of ether oxygens (including phenoxy) is 1. The fraction of sp³-hybridized carbons (Fsp3) is 0.818. The predicted molar refractivity (Wildman–Crippen MR) is 58.6 cm³/mol. The Bertz CT molecular complexity index is 181. The monoisotopic (exact) mass is 215 g/mol. The van der Waals surface area contributed by atoms with Crippen molar-refractivity contribution in [3.63, 3.8) is 0 Å². The largest absolute Gasteiger partial charge is 0.462 e. The quantitative estimate of drug-likeness (QED) is 0.702. The van der Waals surface area contributed by atoms with Crippen LogP contribution in [0.4, 0.5) is 0 Å². The van der Waals surface area contributed by atoms with Crippen molar-refractivity contribution in [3.05, 3.63) is 0 Å². The van der Waals surface area contributed by atoms with Gasteiger partial charge in [0.15, 0.2) is 0 Å². The zero-order valence-corrected chi connectivity index (χ0v) is 9.79. The second-order valence-electron chi connectivity index (χ2n) is 4.55. The zero-order chi connectivity index (χ0) is 11.7. The van der Waals surface area contributed by atoms with E-state index in [-0.39, 0.29) is 5.60 Å². The summed E-state index contributed by atoms with van der Waals surface area (Å²) in [7, 11) is 0. The fourth-order valence-corrected chi connectivity index (χ4v) is 1.12. The van der Waals surface area contributed by atoms with E-state index in [1.165, 1.54) is 0 Å². The summed E-state index contributed by atoms with van der Waals surface area (Å²) in [6, 6.07) is 0. The van der Waals surface area contributed by atoms with Gasteiger partial charge in [0.25, 0.3) is 6.47 Å². The standard InChI is InChI=1S/C6H11NO.C5H10O2/c8-5-6-1-3-7-4-2-6;1-5(2,3)7-4-6/h5-7H,1-4H2;4H,1-3H3. The molecule has 0 saturated carbocycles. The Labute approximate surface area is 91.4 Å². The van der Waals surface area contributed by atoms with Crippen LogP contribution in [0.5, 0.6) is 0 Å². The van der Waals surface area contributed by atoms with Gasteiger partial charge in [-0.3, -0.25) is 4.79 Å². The zero-order valence-electron chi connectivity index (χ0n) is 9.79. The number of nitrogens with one attached hydrogen (secondary N) is 1. The predicted octanol–water partition coefficient (Wildman–Crippen LogP) is 1.14. The van der Waals surface area contributed by atoms with Gasteiger partial charge in [-0.1, -0.05) is 0 Å². The molecule has 15 heavy (non-hydrogen) atoms. The molecule has 0 aliphatic carbocycles. The summed E-state index contributed by atoms with van der Waals surface area (Å²) in [5, 5.41) is 3.19. The number of carbonyl (C=O) groups is 2. The van der Waals surface area contributed by atoms with Crippen LogP contribution in [0.1, 0.15) is 33.6 Å². The van der Waals surface area contributed by atoms with Crippen LogP contribution >= 0.6 is 0 Å². The Kier molecular flexibility index (Phi) is 6.96. The molecule has 1 heterocycles. The molecular weight excluding hydrogens is 194 g/mol. The highest BCUT2D eigenvalue weighted by atomic mass is 16.5. The first-order valence-electron chi connectivity index (χ1n) is 5.27. The van der Waals surface area contributed by atoms with Gasteiger partial charge in [-0.2, -0.15) is 0 Å². The first-order chi connectivity index (χ1) is 6.99. The van der Waals surface area contributed by atoms with E-state index >= 15 is 0 Å². The average Bonchev–Trinajstić information content (AvgIpc) is 2.18. The molecule has 1 aliphatic rings. The van der Waals surface area contributed by atoms with E-state index in [0.29, 0.717) is 12.4 Å². The van der Waals surface area contributed by atoms with E-state index in [0.717, 1.165) is 32.2 Å². The number of aldehydes is 1. The van der Waals surface area contributed by atoms with Gasteiger partial charge in [-0.15, -0.1) is 0 Å². The molecule has 88 valence electrons. The minimum absolute atomic E-state index is 0.318. The van der Waals surface area contributed by atoms with Crippen LogP contribution in [-0.4, -0.2) is 31.4 Å². The maximum atomic E-state index is 10.1. The van der Waals surface area contributed by atoms with Crippen LogP contribution in [0.2, 0.25) is 0 Å². The highest BCUT2D eigenvalue weighted by Crippen LogP contribution is 2.06. The summed E-state index contributed by atoms with van der Waals surface area (Å²) in [6.45, 7) is 7.96. The molecule has 4 nitrogen and oxygen atoms in total. The van der Waals surface area contributed by atoms with Crippen molar-refractivity contribution < 1.29 is 14.3 Å². The van der Waals surface area contributed by atoms with Gasteiger partial charge in [0.05, 0.1) is 0 Å². The molecule has 0 spiro atoms. The minimum atomic E-state index is -0.318. The van der Waals surface area contributed by atoms with E-state index in [1.807, 2.05) is 20.8 Å². The van der Waals surface area contributed by atoms with Crippen molar-refractivity contribution in [2.45, 2.75) is 39.2 Å². The number of hydrogen-bond donors (Lipinski definition) is 1. The molecule has 1 aliphatic heterocycles. The van der Waals surface area contributed by atoms with Crippen LogP contribution in [-0.2, 0) is 14.3 Å². The molecule has 0 radical (unpaired) electrons. The lowest BCUT2D eigenvalue weighted by atomic mass is 10.0. The molecule has 1 saturated heterocycles. The molecule has 0 atom stereocenters. The van der Waals surface area contributed by atoms with E-state index in [1.54, 1.807) is 0 Å². The maximum absolute atomic E-state index is 10.1. The second kappa shape index (κ2) is 7.40. The highest BCUT2D eigenvalue weighted by molar-refractivity contribution is 5.53. The summed E-state index contributed by atoms with van der Waals surface area (Å²) in [5.41, 5.74) is -0.318. The van der Waals surface area contributed by atoms with E-state index < -0.39 is 0 Å². The number of carbonyl (C=O) groups excluding carboxylic acids is 2. The van der Waals surface area contributed by atoms with Gasteiger partial charge in [-0.05, 0) is 46.7 Å². The molecule has 0 aromatic heterocycles. The Morgan fingerprint density at radius 3 is 1.93 bits per heavy atom. The third kappa shape index (κ3) is 9.41. The first-order valence-corrected chi connectivity index (χ1v) is 5.27. The first kappa shape index (κ1) is 14.1. The SMILES string of the molecule is CC(C)(C)OC=O.O=CC1CCNCC1. The van der Waals surface area contributed by atoms with E-state index in [4.69, 9.17) is 0 Å². The Morgan fingerprint density at radius 2 is 1.73 bits per heavy atom. The average molecular weight is 215 g/mol. The Morgan fingerprint density at radius 1 is 1.20 bits per heavy atom. The molecule has 0 aromatic rings. The maximum Gasteiger partial charge on any atom is 0.293 e. The summed E-state index contributed by atoms with van der Waals surface area (Å²) >= 11 is 0. The third-order valence-electron chi connectivity index (χ3n) is 1.98. The van der Waals surface area contributed by atoms with Crippen molar-refractivity contribution in [2.75, 3.05) is 13.1 Å². The molecule has 0 bridgehead atoms. The summed E-state index contributed by atoms with van der Waals surface area (Å²) in [4.78, 5) is 19.7. The fourth-order valence-electron chi connectivity index (χ4n) is 1.12. The van der Waals surface area contributed by atoms with Crippen LogP contribution in [0.3, 0.4) is 0 Å². The topological polar surface area (TPSA) is 55.4 Å². The molecule has 1 rings (SSSR count). The summed E-state index contributed by atoms with van der Waals surface area (Å²) < 4.78 is 4.55. The summed E-state index contributed by atoms with van der Waals surface area (Å²) in [5.74, 6) is 0.344. The van der Waals surface area contributed by atoms with Crippen molar-refractivity contribution in [1.29, 1.82) is 0 Å². The molecule has 0 aromatic carbocycles. The molecule has 1 fully saturated rings. The van der Waals surface area contributed by atoms with Crippen LogP contribution in [0.25, 0.3) is 0 Å². The Hall–Kier alpha value is -0.900. The minimum Gasteiger partial charge on any atom is -0.462 e. The van der Waals surface area contributed by atoms with Gasteiger partial charge in [0, 0.05) is 5.92 Å². The normalized spacial score (nSPS) is 17.3. The summed E-state index contributed by atoms with van der Waals surface area (Å²) in [6.07, 6.45) is 3.13. The van der Waals surface area contributed by atoms with Crippen LogP contribution in [0.15, 0.2) is 0 Å². The van der Waals surface area contributed by atoms with Crippen molar-refractivity contribution in [3.8, 4) is 0 Å². The van der Waals surface area contributed by atoms with Gasteiger partial charge >= 0.3 is 0 Å².